The Bertz CT molecular complexity index is 835. The molecule has 2 aromatic carbocycles. The van der Waals surface area contributed by atoms with Gasteiger partial charge in [-0.05, 0) is 48.7 Å². The van der Waals surface area contributed by atoms with Gasteiger partial charge in [-0.1, -0.05) is 24.3 Å². The molecule has 2 N–H and O–H groups in total. The third-order valence-corrected chi connectivity index (χ3v) is 3.81. The number of nitrogens with zero attached hydrogens (tertiary/aromatic N) is 2. The van der Waals surface area contributed by atoms with E-state index in [0.717, 1.165) is 36.0 Å². The van der Waals surface area contributed by atoms with E-state index in [0.29, 0.717) is 0 Å². The monoisotopic (exact) mass is 334 g/mol. The van der Waals surface area contributed by atoms with Crippen molar-refractivity contribution in [3.63, 3.8) is 0 Å². The Morgan fingerprint density at radius 1 is 0.960 bits per heavy atom. The maximum absolute atomic E-state index is 5.25. The highest BCUT2D eigenvalue weighted by Crippen LogP contribution is 2.17. The van der Waals surface area contributed by atoms with Gasteiger partial charge in [0.25, 0.3) is 0 Å². The molecule has 0 unspecified atom stereocenters. The number of hydrogen-bond acceptors (Lipinski definition) is 5. The zero-order chi connectivity index (χ0) is 17.5. The first-order valence-corrected chi connectivity index (χ1v) is 8.25. The number of rotatable bonds is 7. The average molecular weight is 334 g/mol. The lowest BCUT2D eigenvalue weighted by molar-refractivity contribution is 0.414. The second kappa shape index (κ2) is 8.15. The van der Waals surface area contributed by atoms with Gasteiger partial charge < -0.3 is 15.4 Å². The molecule has 0 aliphatic carbocycles. The molecule has 0 atom stereocenters. The molecule has 0 amide bonds. The summed E-state index contributed by atoms with van der Waals surface area (Å²) in [6.07, 6.45) is 2.45. The van der Waals surface area contributed by atoms with E-state index < -0.39 is 0 Å². The van der Waals surface area contributed by atoms with Crippen LogP contribution in [0.15, 0.2) is 60.9 Å². The molecule has 3 aromatic rings. The zero-order valence-corrected chi connectivity index (χ0v) is 14.5. The van der Waals surface area contributed by atoms with Gasteiger partial charge in [-0.15, -0.1) is 0 Å². The van der Waals surface area contributed by atoms with E-state index in [9.17, 15) is 0 Å². The van der Waals surface area contributed by atoms with Gasteiger partial charge in [-0.25, -0.2) is 9.97 Å². The van der Waals surface area contributed by atoms with Crippen LogP contribution in [0, 0.1) is 6.92 Å². The molecular formula is C20H22N4O. The predicted octanol–water partition coefficient (Wildman–Crippen LogP) is 4.19. The minimum atomic E-state index is 0.768. The Hall–Kier alpha value is -3.08. The smallest absolute Gasteiger partial charge is 0.135 e. The molecule has 5 heteroatoms. The fourth-order valence-corrected chi connectivity index (χ4v) is 2.56. The Labute approximate surface area is 148 Å². The highest BCUT2D eigenvalue weighted by molar-refractivity contribution is 5.59. The van der Waals surface area contributed by atoms with Gasteiger partial charge in [0.1, 0.15) is 23.7 Å². The molecule has 0 radical (unpaired) electrons. The van der Waals surface area contributed by atoms with E-state index in [1.807, 2.05) is 36.4 Å². The number of anilines is 3. The molecule has 5 nitrogen and oxygen atoms in total. The van der Waals surface area contributed by atoms with Crippen LogP contribution < -0.4 is 15.4 Å². The van der Waals surface area contributed by atoms with E-state index >= 15 is 0 Å². The summed E-state index contributed by atoms with van der Waals surface area (Å²) < 4.78 is 5.25. The van der Waals surface area contributed by atoms with Crippen LogP contribution in [0.1, 0.15) is 11.1 Å². The Morgan fingerprint density at radius 2 is 1.80 bits per heavy atom. The number of methoxy groups -OCH3 is 1. The lowest BCUT2D eigenvalue weighted by atomic mass is 10.1. The maximum Gasteiger partial charge on any atom is 0.135 e. The molecule has 0 saturated carbocycles. The highest BCUT2D eigenvalue weighted by atomic mass is 16.5. The van der Waals surface area contributed by atoms with E-state index in [1.165, 1.54) is 11.1 Å². The SMILES string of the molecule is COc1cccc(CCNc2cc(Nc3cccc(C)c3)ncn2)c1. The Kier molecular flexibility index (Phi) is 5.46. The summed E-state index contributed by atoms with van der Waals surface area (Å²) in [6, 6.07) is 18.2. The second-order valence-corrected chi connectivity index (χ2v) is 5.81. The summed E-state index contributed by atoms with van der Waals surface area (Å²) >= 11 is 0. The van der Waals surface area contributed by atoms with Crippen molar-refractivity contribution < 1.29 is 4.74 Å². The van der Waals surface area contributed by atoms with Gasteiger partial charge >= 0.3 is 0 Å². The molecule has 1 aromatic heterocycles. The molecule has 0 aliphatic rings. The van der Waals surface area contributed by atoms with Crippen LogP contribution in [0.4, 0.5) is 17.3 Å². The van der Waals surface area contributed by atoms with Gasteiger partial charge in [0.05, 0.1) is 7.11 Å². The topological polar surface area (TPSA) is 59.1 Å². The molecule has 3 rings (SSSR count). The summed E-state index contributed by atoms with van der Waals surface area (Å²) in [4.78, 5) is 8.55. The van der Waals surface area contributed by atoms with E-state index in [2.05, 4.69) is 45.7 Å². The third kappa shape index (κ3) is 4.94. The standard InChI is InChI=1S/C20H22N4O/c1-15-5-3-7-17(11-15)24-20-13-19(22-14-23-20)21-10-9-16-6-4-8-18(12-16)25-2/h3-8,11-14H,9-10H2,1-2H3,(H2,21,22,23,24). The average Bonchev–Trinajstić information content (AvgIpc) is 2.62. The van der Waals surface area contributed by atoms with Crippen molar-refractivity contribution in [2.45, 2.75) is 13.3 Å². The van der Waals surface area contributed by atoms with Crippen LogP contribution in [-0.4, -0.2) is 23.6 Å². The first-order chi connectivity index (χ1) is 12.2. The van der Waals surface area contributed by atoms with E-state index in [4.69, 9.17) is 4.74 Å². The summed E-state index contributed by atoms with van der Waals surface area (Å²) in [7, 11) is 1.68. The lowest BCUT2D eigenvalue weighted by Crippen LogP contribution is -2.07. The van der Waals surface area contributed by atoms with Gasteiger partial charge in [-0.2, -0.15) is 0 Å². The van der Waals surface area contributed by atoms with Crippen molar-refractivity contribution in [2.24, 2.45) is 0 Å². The number of hydrogen-bond donors (Lipinski definition) is 2. The van der Waals surface area contributed by atoms with Crippen LogP contribution in [0.25, 0.3) is 0 Å². The lowest BCUT2D eigenvalue weighted by Gasteiger charge is -2.09. The van der Waals surface area contributed by atoms with Gasteiger partial charge in [0, 0.05) is 18.3 Å². The van der Waals surface area contributed by atoms with Gasteiger partial charge in [-0.3, -0.25) is 0 Å². The Morgan fingerprint density at radius 3 is 2.64 bits per heavy atom. The van der Waals surface area contributed by atoms with Gasteiger partial charge in [0.2, 0.25) is 0 Å². The van der Waals surface area contributed by atoms with Crippen molar-refractivity contribution in [1.29, 1.82) is 0 Å². The number of benzene rings is 2. The molecule has 128 valence electrons. The summed E-state index contributed by atoms with van der Waals surface area (Å²) in [5.41, 5.74) is 3.44. The molecule has 0 spiro atoms. The van der Waals surface area contributed by atoms with Crippen LogP contribution >= 0.6 is 0 Å². The first-order valence-electron chi connectivity index (χ1n) is 8.25. The summed E-state index contributed by atoms with van der Waals surface area (Å²) in [5, 5.41) is 6.64. The van der Waals surface area contributed by atoms with Crippen LogP contribution in [-0.2, 0) is 6.42 Å². The quantitative estimate of drug-likeness (QED) is 0.678. The number of ether oxygens (including phenoxy) is 1. The van der Waals surface area contributed by atoms with Crippen molar-refractivity contribution in [1.82, 2.24) is 9.97 Å². The minimum Gasteiger partial charge on any atom is -0.497 e. The number of aromatic nitrogens is 2. The van der Waals surface area contributed by atoms with Crippen LogP contribution in [0.2, 0.25) is 0 Å². The second-order valence-electron chi connectivity index (χ2n) is 5.81. The highest BCUT2D eigenvalue weighted by Gasteiger charge is 2.01. The number of nitrogens with one attached hydrogen (secondary N) is 2. The van der Waals surface area contributed by atoms with E-state index in [-0.39, 0.29) is 0 Å². The third-order valence-electron chi connectivity index (χ3n) is 3.81. The van der Waals surface area contributed by atoms with Crippen LogP contribution in [0.3, 0.4) is 0 Å². The minimum absolute atomic E-state index is 0.768. The fraction of sp³-hybridized carbons (Fsp3) is 0.200. The molecule has 0 fully saturated rings. The van der Waals surface area contributed by atoms with Crippen molar-refractivity contribution in [2.75, 3.05) is 24.3 Å². The molecule has 0 bridgehead atoms. The predicted molar refractivity (Wildman–Crippen MR) is 102 cm³/mol. The normalized spacial score (nSPS) is 10.3. The maximum atomic E-state index is 5.25. The zero-order valence-electron chi connectivity index (χ0n) is 14.5. The summed E-state index contributed by atoms with van der Waals surface area (Å²) in [6.45, 7) is 2.85. The van der Waals surface area contributed by atoms with Gasteiger partial charge in [0.15, 0.2) is 0 Å². The van der Waals surface area contributed by atoms with Crippen LogP contribution in [0.5, 0.6) is 5.75 Å². The first kappa shape index (κ1) is 16.8. The molecule has 25 heavy (non-hydrogen) atoms. The largest absolute Gasteiger partial charge is 0.497 e. The van der Waals surface area contributed by atoms with Crippen molar-refractivity contribution >= 4 is 17.3 Å². The molecular weight excluding hydrogens is 312 g/mol. The molecule has 0 saturated heterocycles. The fourth-order valence-electron chi connectivity index (χ4n) is 2.56. The Balaban J connectivity index is 1.58. The summed E-state index contributed by atoms with van der Waals surface area (Å²) in [5.74, 6) is 2.45. The molecule has 1 heterocycles. The van der Waals surface area contributed by atoms with Crippen molar-refractivity contribution in [3.05, 3.63) is 72.1 Å². The molecule has 0 aliphatic heterocycles. The number of aryl methyl sites for hydroxylation is 1. The van der Waals surface area contributed by atoms with Crippen molar-refractivity contribution in [3.8, 4) is 5.75 Å². The van der Waals surface area contributed by atoms with E-state index in [1.54, 1.807) is 13.4 Å².